The monoisotopic (exact) mass is 236 g/mol. The standard InChI is InChI=1S/C13H17ClN2/c1-2-16-12-5-4-10(14)8-11(12)15-9-13(16)6-3-7-13/h4-5,8,15H,2-3,6-7,9H2,1H3. The first-order chi connectivity index (χ1) is 7.75. The molecule has 1 fully saturated rings. The minimum Gasteiger partial charge on any atom is -0.381 e. The third kappa shape index (κ3) is 1.32. The molecule has 0 unspecified atom stereocenters. The predicted molar refractivity (Wildman–Crippen MR) is 69.5 cm³/mol. The Hall–Kier alpha value is -0.890. The zero-order valence-electron chi connectivity index (χ0n) is 9.59. The van der Waals surface area contributed by atoms with E-state index in [1.165, 1.54) is 30.6 Å². The number of halogens is 1. The van der Waals surface area contributed by atoms with Gasteiger partial charge in [-0.15, -0.1) is 0 Å². The average Bonchev–Trinajstić information content (AvgIpc) is 2.25. The maximum absolute atomic E-state index is 6.03. The van der Waals surface area contributed by atoms with E-state index in [0.29, 0.717) is 5.54 Å². The number of hydrogen-bond donors (Lipinski definition) is 1. The van der Waals surface area contributed by atoms with Gasteiger partial charge in [0.2, 0.25) is 0 Å². The molecule has 16 heavy (non-hydrogen) atoms. The van der Waals surface area contributed by atoms with E-state index in [2.05, 4.69) is 23.2 Å². The van der Waals surface area contributed by atoms with Gasteiger partial charge >= 0.3 is 0 Å². The highest BCUT2D eigenvalue weighted by Crippen LogP contribution is 2.46. The molecule has 0 saturated heterocycles. The van der Waals surface area contributed by atoms with Gasteiger partial charge in [0.05, 0.1) is 16.9 Å². The van der Waals surface area contributed by atoms with E-state index >= 15 is 0 Å². The van der Waals surface area contributed by atoms with Gasteiger partial charge in [-0.1, -0.05) is 11.6 Å². The first kappa shape index (κ1) is 10.3. The molecule has 1 aromatic rings. The molecular formula is C13H17ClN2. The van der Waals surface area contributed by atoms with Gasteiger partial charge in [0.1, 0.15) is 0 Å². The Morgan fingerprint density at radius 2 is 2.25 bits per heavy atom. The van der Waals surface area contributed by atoms with Gasteiger partial charge in [0.15, 0.2) is 0 Å². The zero-order valence-corrected chi connectivity index (χ0v) is 10.3. The molecule has 0 aromatic heterocycles. The van der Waals surface area contributed by atoms with Crippen molar-refractivity contribution in [3.05, 3.63) is 23.2 Å². The fourth-order valence-corrected chi connectivity index (χ4v) is 3.21. The molecule has 0 atom stereocenters. The van der Waals surface area contributed by atoms with Crippen LogP contribution in [0.15, 0.2) is 18.2 Å². The maximum atomic E-state index is 6.03. The molecule has 1 aromatic carbocycles. The largest absolute Gasteiger partial charge is 0.381 e. The molecular weight excluding hydrogens is 220 g/mol. The quantitative estimate of drug-likeness (QED) is 0.803. The van der Waals surface area contributed by atoms with Crippen LogP contribution in [-0.2, 0) is 0 Å². The van der Waals surface area contributed by atoms with E-state index in [1.54, 1.807) is 0 Å². The minimum atomic E-state index is 0.385. The number of rotatable bonds is 1. The van der Waals surface area contributed by atoms with Crippen LogP contribution in [0.25, 0.3) is 0 Å². The van der Waals surface area contributed by atoms with Gasteiger partial charge in [-0.2, -0.15) is 0 Å². The van der Waals surface area contributed by atoms with E-state index in [0.717, 1.165) is 18.1 Å². The molecule has 3 heteroatoms. The van der Waals surface area contributed by atoms with Crippen LogP contribution in [0.3, 0.4) is 0 Å². The average molecular weight is 237 g/mol. The number of hydrogen-bond acceptors (Lipinski definition) is 2. The van der Waals surface area contributed by atoms with Crippen LogP contribution in [0.1, 0.15) is 26.2 Å². The molecule has 0 amide bonds. The van der Waals surface area contributed by atoms with Crippen LogP contribution in [0.2, 0.25) is 5.02 Å². The molecule has 86 valence electrons. The summed E-state index contributed by atoms with van der Waals surface area (Å²) in [7, 11) is 0. The van der Waals surface area contributed by atoms with Crippen molar-refractivity contribution >= 4 is 23.0 Å². The van der Waals surface area contributed by atoms with Crippen molar-refractivity contribution in [3.8, 4) is 0 Å². The van der Waals surface area contributed by atoms with Crippen molar-refractivity contribution in [3.63, 3.8) is 0 Å². The Balaban J connectivity index is 2.03. The summed E-state index contributed by atoms with van der Waals surface area (Å²) in [5.41, 5.74) is 2.89. The van der Waals surface area contributed by atoms with Crippen LogP contribution in [0, 0.1) is 0 Å². The second kappa shape index (κ2) is 3.56. The highest BCUT2D eigenvalue weighted by molar-refractivity contribution is 6.31. The smallest absolute Gasteiger partial charge is 0.0608 e. The van der Waals surface area contributed by atoms with Crippen LogP contribution < -0.4 is 10.2 Å². The fourth-order valence-electron chi connectivity index (χ4n) is 3.03. The normalized spacial score (nSPS) is 21.2. The highest BCUT2D eigenvalue weighted by Gasteiger charge is 2.44. The van der Waals surface area contributed by atoms with E-state index in [9.17, 15) is 0 Å². The second-order valence-corrected chi connectivity index (χ2v) is 5.27. The highest BCUT2D eigenvalue weighted by atomic mass is 35.5. The first-order valence-corrected chi connectivity index (χ1v) is 6.44. The number of benzene rings is 1. The predicted octanol–water partition coefficient (Wildman–Crippen LogP) is 3.51. The van der Waals surface area contributed by atoms with Crippen molar-refractivity contribution in [2.24, 2.45) is 0 Å². The lowest BCUT2D eigenvalue weighted by Gasteiger charge is -2.54. The number of nitrogens with one attached hydrogen (secondary N) is 1. The van der Waals surface area contributed by atoms with Crippen molar-refractivity contribution in [1.29, 1.82) is 0 Å². The lowest BCUT2D eigenvalue weighted by molar-refractivity contribution is 0.240. The molecule has 1 aliphatic heterocycles. The van der Waals surface area contributed by atoms with Crippen molar-refractivity contribution in [2.75, 3.05) is 23.3 Å². The van der Waals surface area contributed by atoms with Gasteiger partial charge in [0.25, 0.3) is 0 Å². The number of fused-ring (bicyclic) bond motifs is 1. The van der Waals surface area contributed by atoms with Crippen molar-refractivity contribution in [2.45, 2.75) is 31.7 Å². The molecule has 0 radical (unpaired) electrons. The fraction of sp³-hybridized carbons (Fsp3) is 0.538. The molecule has 1 spiro atoms. The molecule has 1 N–H and O–H groups in total. The van der Waals surface area contributed by atoms with Gasteiger partial charge in [-0.25, -0.2) is 0 Å². The summed E-state index contributed by atoms with van der Waals surface area (Å²) in [5, 5.41) is 4.35. The second-order valence-electron chi connectivity index (χ2n) is 4.84. The third-order valence-electron chi connectivity index (χ3n) is 4.03. The van der Waals surface area contributed by atoms with Crippen LogP contribution in [0.4, 0.5) is 11.4 Å². The van der Waals surface area contributed by atoms with Gasteiger partial charge in [-0.3, -0.25) is 0 Å². The molecule has 2 nitrogen and oxygen atoms in total. The molecule has 2 aliphatic rings. The summed E-state index contributed by atoms with van der Waals surface area (Å²) in [6, 6.07) is 6.17. The molecule has 1 aliphatic carbocycles. The van der Waals surface area contributed by atoms with Crippen molar-refractivity contribution in [1.82, 2.24) is 0 Å². The van der Waals surface area contributed by atoms with E-state index < -0.39 is 0 Å². The molecule has 1 saturated carbocycles. The van der Waals surface area contributed by atoms with Crippen molar-refractivity contribution < 1.29 is 0 Å². The van der Waals surface area contributed by atoms with E-state index in [-0.39, 0.29) is 0 Å². The number of nitrogens with zero attached hydrogens (tertiary/aromatic N) is 1. The molecule has 1 heterocycles. The Morgan fingerprint density at radius 1 is 1.44 bits per heavy atom. The van der Waals surface area contributed by atoms with E-state index in [1.807, 2.05) is 12.1 Å². The third-order valence-corrected chi connectivity index (χ3v) is 4.27. The van der Waals surface area contributed by atoms with Crippen LogP contribution >= 0.6 is 11.6 Å². The summed E-state index contributed by atoms with van der Waals surface area (Å²) in [4.78, 5) is 2.55. The molecule has 0 bridgehead atoms. The topological polar surface area (TPSA) is 15.3 Å². The number of anilines is 2. The summed E-state index contributed by atoms with van der Waals surface area (Å²) in [6.45, 7) is 4.38. The Labute approximate surface area is 102 Å². The molecule has 3 rings (SSSR count). The Morgan fingerprint density at radius 3 is 2.88 bits per heavy atom. The number of likely N-dealkylation sites (N-methyl/N-ethyl adjacent to an activating group) is 1. The lowest BCUT2D eigenvalue weighted by atomic mass is 9.73. The van der Waals surface area contributed by atoms with Gasteiger partial charge in [0, 0.05) is 18.1 Å². The summed E-state index contributed by atoms with van der Waals surface area (Å²) in [5.74, 6) is 0. The summed E-state index contributed by atoms with van der Waals surface area (Å²) >= 11 is 6.03. The summed E-state index contributed by atoms with van der Waals surface area (Å²) < 4.78 is 0. The summed E-state index contributed by atoms with van der Waals surface area (Å²) in [6.07, 6.45) is 3.99. The maximum Gasteiger partial charge on any atom is 0.0608 e. The zero-order chi connectivity index (χ0) is 11.2. The SMILES string of the molecule is CCN1c2ccc(Cl)cc2NCC12CCC2. The van der Waals surface area contributed by atoms with E-state index in [4.69, 9.17) is 11.6 Å². The van der Waals surface area contributed by atoms with Gasteiger partial charge in [-0.05, 0) is 44.4 Å². The van der Waals surface area contributed by atoms with Crippen LogP contribution in [-0.4, -0.2) is 18.6 Å². The lowest BCUT2D eigenvalue weighted by Crippen LogP contribution is -2.60. The first-order valence-electron chi connectivity index (χ1n) is 6.06. The minimum absolute atomic E-state index is 0.385. The Kier molecular flexibility index (Phi) is 2.28. The van der Waals surface area contributed by atoms with Crippen LogP contribution in [0.5, 0.6) is 0 Å². The Bertz CT molecular complexity index is 412. The van der Waals surface area contributed by atoms with Gasteiger partial charge < -0.3 is 10.2 Å².